The number of benzene rings is 2. The minimum atomic E-state index is -4.53. The van der Waals surface area contributed by atoms with Gasteiger partial charge in [-0.3, -0.25) is 4.79 Å². The number of hydrogen-bond acceptors (Lipinski definition) is 4. The van der Waals surface area contributed by atoms with Crippen LogP contribution in [0.2, 0.25) is 0 Å². The zero-order valence-corrected chi connectivity index (χ0v) is 21.4. The van der Waals surface area contributed by atoms with E-state index in [1.165, 1.54) is 28.4 Å². The third-order valence-electron chi connectivity index (χ3n) is 5.47. The van der Waals surface area contributed by atoms with Gasteiger partial charge in [-0.25, -0.2) is 4.79 Å². The number of rotatable bonds is 12. The first-order chi connectivity index (χ1) is 17.8. The fourth-order valence-electron chi connectivity index (χ4n) is 3.62. The Morgan fingerprint density at radius 1 is 0.973 bits per heavy atom. The number of alkyl halides is 3. The van der Waals surface area contributed by atoms with Crippen molar-refractivity contribution in [3.8, 4) is 0 Å². The lowest BCUT2D eigenvalue weighted by Crippen LogP contribution is -2.44. The molecule has 0 aliphatic rings. The van der Waals surface area contributed by atoms with E-state index in [0.717, 1.165) is 22.6 Å². The van der Waals surface area contributed by atoms with Gasteiger partial charge in [-0.05, 0) is 48.6 Å². The standard InChI is InChI=1S/C27H30F3N3O3S/c1-2-36-15-8-14-32(26(35)31-23-12-6-11-22(17-23)27(28,29)30)20-25(34)33(19-24-13-7-16-37-24)18-21-9-4-3-5-10-21/h3-7,9-13,16-17H,2,8,14-15,18-20H2,1H3,(H,31,35). The fraction of sp³-hybridized carbons (Fsp3) is 0.333. The molecule has 198 valence electrons. The van der Waals surface area contributed by atoms with Crippen LogP contribution >= 0.6 is 11.3 Å². The molecule has 3 aromatic rings. The van der Waals surface area contributed by atoms with Crippen molar-refractivity contribution in [2.45, 2.75) is 32.6 Å². The second-order valence-electron chi connectivity index (χ2n) is 8.30. The summed E-state index contributed by atoms with van der Waals surface area (Å²) in [6.45, 7) is 3.48. The van der Waals surface area contributed by atoms with Crippen molar-refractivity contribution >= 4 is 29.0 Å². The first-order valence-corrected chi connectivity index (χ1v) is 12.8. The number of hydrogen-bond donors (Lipinski definition) is 1. The molecule has 0 aliphatic heterocycles. The number of halogens is 3. The average Bonchev–Trinajstić information content (AvgIpc) is 3.39. The summed E-state index contributed by atoms with van der Waals surface area (Å²) in [6, 6.07) is 17.2. The van der Waals surface area contributed by atoms with Gasteiger partial charge in [-0.1, -0.05) is 42.5 Å². The molecule has 0 saturated heterocycles. The number of nitrogens with zero attached hydrogens (tertiary/aromatic N) is 2. The van der Waals surface area contributed by atoms with E-state index in [4.69, 9.17) is 4.74 Å². The van der Waals surface area contributed by atoms with E-state index in [-0.39, 0.29) is 24.7 Å². The largest absolute Gasteiger partial charge is 0.416 e. The number of urea groups is 1. The minimum Gasteiger partial charge on any atom is -0.382 e. The van der Waals surface area contributed by atoms with E-state index in [0.29, 0.717) is 32.7 Å². The third kappa shape index (κ3) is 9.22. The topological polar surface area (TPSA) is 61.9 Å². The summed E-state index contributed by atoms with van der Waals surface area (Å²) < 4.78 is 44.7. The monoisotopic (exact) mass is 533 g/mol. The maximum absolute atomic E-state index is 13.4. The predicted octanol–water partition coefficient (Wildman–Crippen LogP) is 6.26. The molecule has 3 amide bonds. The first-order valence-electron chi connectivity index (χ1n) is 11.9. The highest BCUT2D eigenvalue weighted by Crippen LogP contribution is 2.30. The summed E-state index contributed by atoms with van der Waals surface area (Å²) in [5.74, 6) is -0.271. The molecule has 0 aliphatic carbocycles. The summed E-state index contributed by atoms with van der Waals surface area (Å²) in [7, 11) is 0. The van der Waals surface area contributed by atoms with E-state index < -0.39 is 17.8 Å². The molecule has 1 aromatic heterocycles. The van der Waals surface area contributed by atoms with Crippen LogP contribution in [0.1, 0.15) is 29.3 Å². The van der Waals surface area contributed by atoms with Crippen LogP contribution in [0.4, 0.5) is 23.7 Å². The number of ether oxygens (including phenoxy) is 1. The minimum absolute atomic E-state index is 0.00168. The maximum Gasteiger partial charge on any atom is 0.416 e. The van der Waals surface area contributed by atoms with Crippen molar-refractivity contribution in [1.82, 2.24) is 9.80 Å². The van der Waals surface area contributed by atoms with Crippen LogP contribution in [0.3, 0.4) is 0 Å². The van der Waals surface area contributed by atoms with Gasteiger partial charge in [-0.15, -0.1) is 11.3 Å². The molecule has 3 rings (SSSR count). The zero-order valence-electron chi connectivity index (χ0n) is 20.5. The SMILES string of the molecule is CCOCCCN(CC(=O)N(Cc1ccccc1)Cc1cccs1)C(=O)Nc1cccc(C(F)(F)F)c1. The van der Waals surface area contributed by atoms with Gasteiger partial charge in [0.05, 0.1) is 12.1 Å². The quantitative estimate of drug-likeness (QED) is 0.280. The summed E-state index contributed by atoms with van der Waals surface area (Å²) in [5, 5.41) is 4.45. The van der Waals surface area contributed by atoms with E-state index in [9.17, 15) is 22.8 Å². The molecular formula is C27H30F3N3O3S. The lowest BCUT2D eigenvalue weighted by molar-refractivity contribution is -0.137. The van der Waals surface area contributed by atoms with Gasteiger partial charge in [0.25, 0.3) is 0 Å². The van der Waals surface area contributed by atoms with Crippen LogP contribution in [0.15, 0.2) is 72.1 Å². The van der Waals surface area contributed by atoms with E-state index in [1.54, 1.807) is 4.90 Å². The molecule has 0 radical (unpaired) electrons. The second kappa shape index (κ2) is 13.8. The summed E-state index contributed by atoms with van der Waals surface area (Å²) in [4.78, 5) is 30.5. The number of nitrogens with one attached hydrogen (secondary N) is 1. The van der Waals surface area contributed by atoms with Gasteiger partial charge in [-0.2, -0.15) is 13.2 Å². The van der Waals surface area contributed by atoms with Gasteiger partial charge in [0.1, 0.15) is 6.54 Å². The summed E-state index contributed by atoms with van der Waals surface area (Å²) in [5.41, 5.74) is 0.0831. The van der Waals surface area contributed by atoms with Crippen LogP contribution < -0.4 is 5.32 Å². The number of carbonyl (C=O) groups excluding carboxylic acids is 2. The Morgan fingerprint density at radius 2 is 1.76 bits per heavy atom. The van der Waals surface area contributed by atoms with Gasteiger partial charge in [0.15, 0.2) is 0 Å². The lowest BCUT2D eigenvalue weighted by Gasteiger charge is -2.28. The van der Waals surface area contributed by atoms with Crippen molar-refractivity contribution in [2.24, 2.45) is 0 Å². The zero-order chi connectivity index (χ0) is 26.7. The molecule has 0 atom stereocenters. The molecule has 2 aromatic carbocycles. The van der Waals surface area contributed by atoms with Crippen molar-refractivity contribution in [1.29, 1.82) is 0 Å². The normalized spacial score (nSPS) is 11.2. The highest BCUT2D eigenvalue weighted by molar-refractivity contribution is 7.09. The second-order valence-corrected chi connectivity index (χ2v) is 9.33. The van der Waals surface area contributed by atoms with Gasteiger partial charge >= 0.3 is 12.2 Å². The maximum atomic E-state index is 13.4. The molecular weight excluding hydrogens is 503 g/mol. The van der Waals surface area contributed by atoms with E-state index in [2.05, 4.69) is 5.32 Å². The molecule has 6 nitrogen and oxygen atoms in total. The van der Waals surface area contributed by atoms with Gasteiger partial charge in [0, 0.05) is 36.9 Å². The Hall–Kier alpha value is -3.37. The molecule has 10 heteroatoms. The van der Waals surface area contributed by atoms with Crippen molar-refractivity contribution < 1.29 is 27.5 Å². The van der Waals surface area contributed by atoms with Crippen LogP contribution in [-0.2, 0) is 28.8 Å². The van der Waals surface area contributed by atoms with E-state index in [1.807, 2.05) is 54.8 Å². The fourth-order valence-corrected chi connectivity index (χ4v) is 4.34. The number of carbonyl (C=O) groups is 2. The molecule has 37 heavy (non-hydrogen) atoms. The van der Waals surface area contributed by atoms with Crippen LogP contribution in [0.25, 0.3) is 0 Å². The van der Waals surface area contributed by atoms with Crippen molar-refractivity contribution in [3.05, 3.63) is 88.1 Å². The molecule has 1 heterocycles. The van der Waals surface area contributed by atoms with Crippen LogP contribution in [-0.4, -0.2) is 48.0 Å². The number of thiophene rings is 1. The molecule has 0 fully saturated rings. The first kappa shape index (κ1) is 28.2. The Bertz CT molecular complexity index is 1120. The average molecular weight is 534 g/mol. The van der Waals surface area contributed by atoms with Gasteiger partial charge in [0.2, 0.25) is 5.91 Å². The molecule has 0 bridgehead atoms. The third-order valence-corrected chi connectivity index (χ3v) is 6.33. The highest BCUT2D eigenvalue weighted by atomic mass is 32.1. The van der Waals surface area contributed by atoms with Crippen molar-refractivity contribution in [3.63, 3.8) is 0 Å². The number of anilines is 1. The molecule has 0 unspecified atom stereocenters. The predicted molar refractivity (Wildman–Crippen MR) is 138 cm³/mol. The summed E-state index contributed by atoms with van der Waals surface area (Å²) >= 11 is 1.53. The van der Waals surface area contributed by atoms with Gasteiger partial charge < -0.3 is 19.9 Å². The summed E-state index contributed by atoms with van der Waals surface area (Å²) in [6.07, 6.45) is -4.06. The Labute approximate surface area is 218 Å². The van der Waals surface area contributed by atoms with Crippen LogP contribution in [0.5, 0.6) is 0 Å². The van der Waals surface area contributed by atoms with E-state index >= 15 is 0 Å². The Morgan fingerprint density at radius 3 is 2.43 bits per heavy atom. The van der Waals surface area contributed by atoms with Crippen LogP contribution in [0, 0.1) is 0 Å². The Kier molecular flexibility index (Phi) is 10.5. The smallest absolute Gasteiger partial charge is 0.382 e. The number of amides is 3. The Balaban J connectivity index is 1.76. The molecule has 0 saturated carbocycles. The lowest BCUT2D eigenvalue weighted by atomic mass is 10.2. The molecule has 0 spiro atoms. The van der Waals surface area contributed by atoms with Crippen molar-refractivity contribution in [2.75, 3.05) is 31.6 Å². The highest BCUT2D eigenvalue weighted by Gasteiger charge is 2.31. The molecule has 1 N–H and O–H groups in total.